The standard InChI is InChI=1S/C16H14ClN3O2/c1-10(21)6-7-12-14-8-19(2)16(22)15-11(17)4-3-5-13(15)20(14)9-18-12/h3-7,9H,8H2,1-2H3/b7-6+. The summed E-state index contributed by atoms with van der Waals surface area (Å²) in [5.41, 5.74) is 2.67. The maximum absolute atomic E-state index is 12.5. The molecule has 0 radical (unpaired) electrons. The molecule has 2 aromatic rings. The molecule has 0 saturated carbocycles. The highest BCUT2D eigenvalue weighted by atomic mass is 35.5. The Morgan fingerprint density at radius 3 is 2.91 bits per heavy atom. The quantitative estimate of drug-likeness (QED) is 0.801. The van der Waals surface area contributed by atoms with Crippen molar-refractivity contribution in [2.75, 3.05) is 7.05 Å². The molecular formula is C16H14ClN3O2. The largest absolute Gasteiger partial charge is 0.336 e. The molecule has 0 fully saturated rings. The molecule has 3 rings (SSSR count). The smallest absolute Gasteiger partial charge is 0.257 e. The lowest BCUT2D eigenvalue weighted by Gasteiger charge is -2.14. The maximum Gasteiger partial charge on any atom is 0.257 e. The average Bonchev–Trinajstić information content (AvgIpc) is 2.82. The molecule has 1 aromatic carbocycles. The molecule has 0 saturated heterocycles. The van der Waals surface area contributed by atoms with Gasteiger partial charge in [0.1, 0.15) is 6.33 Å². The van der Waals surface area contributed by atoms with Gasteiger partial charge < -0.3 is 4.90 Å². The highest BCUT2D eigenvalue weighted by Gasteiger charge is 2.27. The lowest BCUT2D eigenvalue weighted by atomic mass is 10.1. The van der Waals surface area contributed by atoms with Crippen molar-refractivity contribution in [1.82, 2.24) is 14.5 Å². The Balaban J connectivity index is 2.22. The van der Waals surface area contributed by atoms with Crippen molar-refractivity contribution in [2.24, 2.45) is 0 Å². The zero-order valence-electron chi connectivity index (χ0n) is 12.2. The molecule has 1 aliphatic rings. The first-order valence-corrected chi connectivity index (χ1v) is 7.16. The summed E-state index contributed by atoms with van der Waals surface area (Å²) in [5.74, 6) is -0.186. The van der Waals surface area contributed by atoms with E-state index in [1.54, 1.807) is 36.5 Å². The first-order chi connectivity index (χ1) is 10.5. The van der Waals surface area contributed by atoms with E-state index in [4.69, 9.17) is 11.6 Å². The third-order valence-electron chi connectivity index (χ3n) is 3.57. The number of hydrogen-bond acceptors (Lipinski definition) is 3. The molecule has 6 heteroatoms. The Kier molecular flexibility index (Phi) is 3.58. The molecule has 112 valence electrons. The van der Waals surface area contributed by atoms with E-state index in [9.17, 15) is 9.59 Å². The summed E-state index contributed by atoms with van der Waals surface area (Å²) in [6.07, 6.45) is 4.79. The Labute approximate surface area is 132 Å². The number of carbonyl (C=O) groups is 2. The summed E-state index contributed by atoms with van der Waals surface area (Å²) in [5, 5.41) is 0.414. The number of benzene rings is 1. The average molecular weight is 316 g/mol. The number of rotatable bonds is 2. The topological polar surface area (TPSA) is 55.2 Å². The molecule has 1 amide bonds. The van der Waals surface area contributed by atoms with E-state index in [-0.39, 0.29) is 11.7 Å². The van der Waals surface area contributed by atoms with E-state index in [0.717, 1.165) is 5.69 Å². The van der Waals surface area contributed by atoms with Crippen LogP contribution in [0.15, 0.2) is 30.6 Å². The number of allylic oxidation sites excluding steroid dienone is 1. The summed E-state index contributed by atoms with van der Waals surface area (Å²) < 4.78 is 1.85. The summed E-state index contributed by atoms with van der Waals surface area (Å²) >= 11 is 6.21. The van der Waals surface area contributed by atoms with Crippen molar-refractivity contribution in [1.29, 1.82) is 0 Å². The number of hydrogen-bond donors (Lipinski definition) is 0. The predicted molar refractivity (Wildman–Crippen MR) is 84.1 cm³/mol. The van der Waals surface area contributed by atoms with E-state index in [1.807, 2.05) is 10.6 Å². The second-order valence-electron chi connectivity index (χ2n) is 5.19. The summed E-state index contributed by atoms with van der Waals surface area (Å²) in [7, 11) is 1.72. The highest BCUT2D eigenvalue weighted by molar-refractivity contribution is 6.34. The van der Waals surface area contributed by atoms with Crippen molar-refractivity contribution < 1.29 is 9.59 Å². The van der Waals surface area contributed by atoms with Crippen LogP contribution >= 0.6 is 11.6 Å². The molecule has 2 heterocycles. The maximum atomic E-state index is 12.5. The monoisotopic (exact) mass is 315 g/mol. The molecule has 22 heavy (non-hydrogen) atoms. The molecule has 0 spiro atoms. The number of carbonyl (C=O) groups excluding carboxylic acids is 2. The summed E-state index contributed by atoms with van der Waals surface area (Å²) in [6.45, 7) is 1.87. The number of imidazole rings is 1. The molecule has 0 unspecified atom stereocenters. The van der Waals surface area contributed by atoms with Gasteiger partial charge in [-0.2, -0.15) is 0 Å². The van der Waals surface area contributed by atoms with Crippen LogP contribution in [0.25, 0.3) is 11.8 Å². The second-order valence-corrected chi connectivity index (χ2v) is 5.59. The molecule has 5 nitrogen and oxygen atoms in total. The SMILES string of the molecule is CC(=O)/C=C/c1ncn2c1CN(C)C(=O)c1c(Cl)cccc1-2. The number of aromatic nitrogens is 2. The second kappa shape index (κ2) is 5.42. The molecule has 0 aliphatic carbocycles. The van der Waals surface area contributed by atoms with E-state index in [2.05, 4.69) is 4.98 Å². The highest BCUT2D eigenvalue weighted by Crippen LogP contribution is 2.30. The van der Waals surface area contributed by atoms with Crippen LogP contribution in [-0.2, 0) is 11.3 Å². The number of nitrogens with zero attached hydrogens (tertiary/aromatic N) is 3. The van der Waals surface area contributed by atoms with Gasteiger partial charge in [-0.25, -0.2) is 4.98 Å². The third-order valence-corrected chi connectivity index (χ3v) is 3.89. The predicted octanol–water partition coefficient (Wildman–Crippen LogP) is 2.71. The van der Waals surface area contributed by atoms with Crippen LogP contribution in [0, 0.1) is 0 Å². The van der Waals surface area contributed by atoms with Gasteiger partial charge >= 0.3 is 0 Å². The molecule has 0 bridgehead atoms. The van der Waals surface area contributed by atoms with Gasteiger partial charge in [-0.15, -0.1) is 0 Å². The molecule has 0 atom stereocenters. The summed E-state index contributed by atoms with van der Waals surface area (Å²) in [4.78, 5) is 29.6. The minimum atomic E-state index is -0.134. The zero-order chi connectivity index (χ0) is 15.9. The fourth-order valence-electron chi connectivity index (χ4n) is 2.50. The van der Waals surface area contributed by atoms with Gasteiger partial charge in [0.25, 0.3) is 5.91 Å². The lowest BCUT2D eigenvalue weighted by molar-refractivity contribution is -0.112. The fraction of sp³-hybridized carbons (Fsp3) is 0.188. The fourth-order valence-corrected chi connectivity index (χ4v) is 2.75. The van der Waals surface area contributed by atoms with Crippen molar-refractivity contribution in [3.05, 3.63) is 52.6 Å². The normalized spacial score (nSPS) is 14.0. The molecule has 0 N–H and O–H groups in total. The van der Waals surface area contributed by atoms with Gasteiger partial charge in [-0.3, -0.25) is 14.2 Å². The van der Waals surface area contributed by atoms with Gasteiger partial charge in [0, 0.05) is 7.05 Å². The molecule has 1 aliphatic heterocycles. The Bertz CT molecular complexity index is 808. The van der Waals surface area contributed by atoms with Gasteiger partial charge in [0.2, 0.25) is 0 Å². The van der Waals surface area contributed by atoms with Crippen molar-refractivity contribution >= 4 is 29.4 Å². The Morgan fingerprint density at radius 1 is 1.41 bits per heavy atom. The van der Waals surface area contributed by atoms with E-state index in [0.29, 0.717) is 28.5 Å². The van der Waals surface area contributed by atoms with E-state index in [1.165, 1.54) is 13.0 Å². The number of ketones is 1. The van der Waals surface area contributed by atoms with Crippen LogP contribution in [0.3, 0.4) is 0 Å². The van der Waals surface area contributed by atoms with Gasteiger partial charge in [0.15, 0.2) is 5.78 Å². The van der Waals surface area contributed by atoms with Crippen LogP contribution in [0.1, 0.15) is 28.7 Å². The molecular weight excluding hydrogens is 302 g/mol. The van der Waals surface area contributed by atoms with Gasteiger partial charge in [0.05, 0.1) is 34.2 Å². The van der Waals surface area contributed by atoms with Crippen LogP contribution < -0.4 is 0 Å². The van der Waals surface area contributed by atoms with Gasteiger partial charge in [-0.1, -0.05) is 17.7 Å². The van der Waals surface area contributed by atoms with Crippen molar-refractivity contribution in [3.8, 4) is 5.69 Å². The van der Waals surface area contributed by atoms with Crippen molar-refractivity contribution in [3.63, 3.8) is 0 Å². The molecule has 1 aromatic heterocycles. The summed E-state index contributed by atoms with van der Waals surface area (Å²) in [6, 6.07) is 5.33. The van der Waals surface area contributed by atoms with Crippen LogP contribution in [0.2, 0.25) is 5.02 Å². The van der Waals surface area contributed by atoms with E-state index >= 15 is 0 Å². The minimum Gasteiger partial charge on any atom is -0.336 e. The Morgan fingerprint density at radius 2 is 2.18 bits per heavy atom. The zero-order valence-corrected chi connectivity index (χ0v) is 13.0. The van der Waals surface area contributed by atoms with Crippen LogP contribution in [-0.4, -0.2) is 33.2 Å². The van der Waals surface area contributed by atoms with Crippen LogP contribution in [0.5, 0.6) is 0 Å². The first kappa shape index (κ1) is 14.5. The third kappa shape index (κ3) is 2.33. The van der Waals surface area contributed by atoms with Crippen molar-refractivity contribution in [2.45, 2.75) is 13.5 Å². The van der Waals surface area contributed by atoms with Crippen LogP contribution in [0.4, 0.5) is 0 Å². The van der Waals surface area contributed by atoms with Gasteiger partial charge in [-0.05, 0) is 31.2 Å². The first-order valence-electron chi connectivity index (χ1n) is 6.78. The van der Waals surface area contributed by atoms with E-state index < -0.39 is 0 Å². The number of halogens is 1. The Hall–Kier alpha value is -2.40. The minimum absolute atomic E-state index is 0.0525. The lowest BCUT2D eigenvalue weighted by Crippen LogP contribution is -2.25. The number of fused-ring (bicyclic) bond motifs is 3. The number of amides is 1.